The number of amides is 1. The topological polar surface area (TPSA) is 111 Å². The van der Waals surface area contributed by atoms with Gasteiger partial charge < -0.3 is 15.4 Å². The number of ether oxygens (including phenoxy) is 1. The Kier molecular flexibility index (Phi) is 6.59. The van der Waals surface area contributed by atoms with Gasteiger partial charge in [0.2, 0.25) is 0 Å². The molecule has 0 unspecified atom stereocenters. The minimum Gasteiger partial charge on any atom is -0.383 e. The van der Waals surface area contributed by atoms with E-state index >= 15 is 0 Å². The van der Waals surface area contributed by atoms with Crippen molar-refractivity contribution in [1.82, 2.24) is 9.78 Å². The fourth-order valence-corrected chi connectivity index (χ4v) is 3.48. The number of rotatable bonds is 8. The van der Waals surface area contributed by atoms with Gasteiger partial charge in [-0.2, -0.15) is 5.10 Å². The van der Waals surface area contributed by atoms with Crippen LogP contribution in [0, 0.1) is 10.1 Å². The van der Waals surface area contributed by atoms with Crippen molar-refractivity contribution in [3.63, 3.8) is 0 Å². The van der Waals surface area contributed by atoms with E-state index in [0.717, 1.165) is 25.7 Å². The highest BCUT2D eigenvalue weighted by Gasteiger charge is 2.21. The molecule has 9 heteroatoms. The molecule has 150 valence electrons. The number of hydrogen-bond donors (Lipinski definition) is 2. The molecule has 2 aromatic rings. The molecular formula is C19H25N5O4. The van der Waals surface area contributed by atoms with Gasteiger partial charge in [-0.3, -0.25) is 14.9 Å². The molecular weight excluding hydrogens is 362 g/mol. The summed E-state index contributed by atoms with van der Waals surface area (Å²) in [6.07, 6.45) is 7.28. The number of nitrogens with one attached hydrogen (secondary N) is 2. The molecule has 0 spiro atoms. The maximum absolute atomic E-state index is 12.7. The molecule has 1 heterocycles. The first-order valence-corrected chi connectivity index (χ1v) is 9.46. The van der Waals surface area contributed by atoms with Crippen LogP contribution in [0.25, 0.3) is 0 Å². The minimum atomic E-state index is -0.502. The summed E-state index contributed by atoms with van der Waals surface area (Å²) in [6.45, 7) is 0.855. The van der Waals surface area contributed by atoms with Gasteiger partial charge in [-0.15, -0.1) is 0 Å². The normalized spacial score (nSPS) is 14.6. The molecule has 1 aromatic heterocycles. The lowest BCUT2D eigenvalue weighted by Crippen LogP contribution is -2.20. The zero-order chi connectivity index (χ0) is 19.9. The van der Waals surface area contributed by atoms with Crippen LogP contribution in [0.4, 0.5) is 17.2 Å². The molecule has 9 nitrogen and oxygen atoms in total. The third-order valence-corrected chi connectivity index (χ3v) is 4.91. The lowest BCUT2D eigenvalue weighted by atomic mass is 9.96. The first kappa shape index (κ1) is 19.8. The molecule has 1 saturated carbocycles. The number of carbonyl (C=O) groups excluding carboxylic acids is 1. The first-order valence-electron chi connectivity index (χ1n) is 9.46. The summed E-state index contributed by atoms with van der Waals surface area (Å²) in [7, 11) is 1.56. The van der Waals surface area contributed by atoms with Crippen LogP contribution in [0.5, 0.6) is 0 Å². The zero-order valence-corrected chi connectivity index (χ0v) is 15.9. The van der Waals surface area contributed by atoms with E-state index in [4.69, 9.17) is 4.74 Å². The molecule has 3 rings (SSSR count). The summed E-state index contributed by atoms with van der Waals surface area (Å²) < 4.78 is 6.79. The largest absolute Gasteiger partial charge is 0.383 e. The van der Waals surface area contributed by atoms with Gasteiger partial charge in [-0.05, 0) is 25.0 Å². The van der Waals surface area contributed by atoms with Crippen LogP contribution < -0.4 is 10.6 Å². The van der Waals surface area contributed by atoms with Crippen molar-refractivity contribution in [2.45, 2.75) is 38.1 Å². The van der Waals surface area contributed by atoms with E-state index in [2.05, 4.69) is 15.7 Å². The summed E-state index contributed by atoms with van der Waals surface area (Å²) in [5, 5.41) is 21.5. The van der Waals surface area contributed by atoms with Crippen molar-refractivity contribution in [3.8, 4) is 0 Å². The molecule has 0 aliphatic heterocycles. The van der Waals surface area contributed by atoms with E-state index in [-0.39, 0.29) is 17.3 Å². The Balaban J connectivity index is 1.75. The molecule has 1 aliphatic rings. The zero-order valence-electron chi connectivity index (χ0n) is 15.9. The molecule has 1 aliphatic carbocycles. The minimum absolute atomic E-state index is 0.149. The number of carbonyl (C=O) groups is 1. The summed E-state index contributed by atoms with van der Waals surface area (Å²) in [6, 6.07) is 6.42. The Bertz CT molecular complexity index is 829. The van der Waals surface area contributed by atoms with Crippen LogP contribution in [0.15, 0.2) is 30.5 Å². The standard InChI is InChI=1S/C19H25N5O4/c1-28-12-11-20-16-8-7-14(13-17(16)24(26)27)19(25)22-18-9-10-21-23(18)15-5-3-2-4-6-15/h7-10,13,15,20H,2-6,11-12H2,1H3,(H,22,25). The lowest BCUT2D eigenvalue weighted by Gasteiger charge is -2.23. The maximum atomic E-state index is 12.7. The highest BCUT2D eigenvalue weighted by atomic mass is 16.6. The van der Waals surface area contributed by atoms with Crippen LogP contribution in [-0.4, -0.2) is 40.9 Å². The van der Waals surface area contributed by atoms with Gasteiger partial charge in [0.15, 0.2) is 0 Å². The van der Waals surface area contributed by atoms with Crippen molar-refractivity contribution >= 4 is 23.1 Å². The van der Waals surface area contributed by atoms with Crippen molar-refractivity contribution in [2.75, 3.05) is 30.9 Å². The van der Waals surface area contributed by atoms with Gasteiger partial charge in [-0.25, -0.2) is 4.68 Å². The Hall–Kier alpha value is -2.94. The average Bonchev–Trinajstić information content (AvgIpc) is 3.17. The highest BCUT2D eigenvalue weighted by Crippen LogP contribution is 2.30. The number of nitro groups is 1. The number of hydrogen-bond acceptors (Lipinski definition) is 6. The second-order valence-corrected chi connectivity index (χ2v) is 6.82. The predicted octanol–water partition coefficient (Wildman–Crippen LogP) is 3.61. The van der Waals surface area contributed by atoms with Gasteiger partial charge in [0.1, 0.15) is 11.5 Å². The Morgan fingerprint density at radius 3 is 2.82 bits per heavy atom. The van der Waals surface area contributed by atoms with Crippen LogP contribution in [0.2, 0.25) is 0 Å². The SMILES string of the molecule is COCCNc1ccc(C(=O)Nc2ccnn2C2CCCCC2)cc1[N+](=O)[O-]. The van der Waals surface area contributed by atoms with E-state index in [1.54, 1.807) is 31.5 Å². The molecule has 0 radical (unpaired) electrons. The lowest BCUT2D eigenvalue weighted by molar-refractivity contribution is -0.384. The number of nitro benzene ring substituents is 1. The van der Waals surface area contributed by atoms with E-state index < -0.39 is 10.8 Å². The molecule has 0 atom stereocenters. The van der Waals surface area contributed by atoms with Gasteiger partial charge in [-0.1, -0.05) is 19.3 Å². The number of methoxy groups -OCH3 is 1. The number of benzene rings is 1. The van der Waals surface area contributed by atoms with E-state index in [0.29, 0.717) is 24.7 Å². The predicted molar refractivity (Wildman–Crippen MR) is 106 cm³/mol. The van der Waals surface area contributed by atoms with E-state index in [1.807, 2.05) is 4.68 Å². The molecule has 28 heavy (non-hydrogen) atoms. The Labute approximate surface area is 163 Å². The van der Waals surface area contributed by atoms with Gasteiger partial charge >= 0.3 is 0 Å². The first-order chi connectivity index (χ1) is 13.6. The molecule has 0 saturated heterocycles. The van der Waals surface area contributed by atoms with Crippen LogP contribution in [-0.2, 0) is 4.74 Å². The van der Waals surface area contributed by atoms with Gasteiger partial charge in [0.25, 0.3) is 11.6 Å². The fraction of sp³-hybridized carbons (Fsp3) is 0.474. The van der Waals surface area contributed by atoms with Crippen molar-refractivity contribution < 1.29 is 14.5 Å². The average molecular weight is 387 g/mol. The summed E-state index contributed by atoms with van der Waals surface area (Å²) in [4.78, 5) is 23.6. The van der Waals surface area contributed by atoms with Crippen LogP contribution in [0.1, 0.15) is 48.5 Å². The quantitative estimate of drug-likeness (QED) is 0.407. The number of aromatic nitrogens is 2. The van der Waals surface area contributed by atoms with Crippen molar-refractivity contribution in [1.29, 1.82) is 0 Å². The molecule has 1 fully saturated rings. The summed E-state index contributed by atoms with van der Waals surface area (Å²) >= 11 is 0. The maximum Gasteiger partial charge on any atom is 0.293 e. The molecule has 0 bridgehead atoms. The highest BCUT2D eigenvalue weighted by molar-refractivity contribution is 6.04. The fourth-order valence-electron chi connectivity index (χ4n) is 3.48. The van der Waals surface area contributed by atoms with Crippen LogP contribution in [0.3, 0.4) is 0 Å². The van der Waals surface area contributed by atoms with Gasteiger partial charge in [0, 0.05) is 31.4 Å². The Morgan fingerprint density at radius 2 is 2.11 bits per heavy atom. The van der Waals surface area contributed by atoms with Crippen molar-refractivity contribution in [3.05, 3.63) is 46.1 Å². The number of nitrogens with zero attached hydrogens (tertiary/aromatic N) is 3. The van der Waals surface area contributed by atoms with E-state index in [9.17, 15) is 14.9 Å². The van der Waals surface area contributed by atoms with Crippen LogP contribution >= 0.6 is 0 Å². The summed E-state index contributed by atoms with van der Waals surface area (Å²) in [5.41, 5.74) is 0.427. The number of anilines is 2. The molecule has 2 N–H and O–H groups in total. The smallest absolute Gasteiger partial charge is 0.293 e. The van der Waals surface area contributed by atoms with Crippen molar-refractivity contribution in [2.24, 2.45) is 0 Å². The molecule has 1 amide bonds. The second kappa shape index (κ2) is 9.32. The third-order valence-electron chi connectivity index (χ3n) is 4.91. The third kappa shape index (κ3) is 4.66. The summed E-state index contributed by atoms with van der Waals surface area (Å²) in [5.74, 6) is 0.214. The Morgan fingerprint density at radius 1 is 1.32 bits per heavy atom. The van der Waals surface area contributed by atoms with Gasteiger partial charge in [0.05, 0.1) is 23.8 Å². The second-order valence-electron chi connectivity index (χ2n) is 6.82. The monoisotopic (exact) mass is 387 g/mol. The molecule has 1 aromatic carbocycles. The van der Waals surface area contributed by atoms with E-state index in [1.165, 1.54) is 12.5 Å².